The van der Waals surface area contributed by atoms with Gasteiger partial charge in [-0.1, -0.05) is 12.1 Å². The van der Waals surface area contributed by atoms with E-state index in [0.717, 1.165) is 12.1 Å². The number of halogens is 2. The Labute approximate surface area is 160 Å². The Morgan fingerprint density at radius 3 is 2.50 bits per heavy atom. The molecule has 0 heterocycles. The van der Waals surface area contributed by atoms with E-state index in [4.69, 9.17) is 0 Å². The molecule has 0 saturated carbocycles. The minimum absolute atomic E-state index is 0. The van der Waals surface area contributed by atoms with Crippen LogP contribution >= 0.6 is 0 Å². The van der Waals surface area contributed by atoms with Crippen molar-refractivity contribution in [1.29, 1.82) is 0 Å². The van der Waals surface area contributed by atoms with Crippen LogP contribution in [0.2, 0.25) is 0 Å². The number of aromatic hydroxyl groups is 1. The van der Waals surface area contributed by atoms with Crippen LogP contribution in [0, 0.1) is 11.6 Å². The average Bonchev–Trinajstić information content (AvgIpc) is 2.50. The number of aliphatic imine (C=N–C) groups is 1. The van der Waals surface area contributed by atoms with E-state index in [1.165, 1.54) is 24.3 Å². The van der Waals surface area contributed by atoms with E-state index in [-0.39, 0.29) is 66.0 Å². The fraction of sp³-hybridized carbons (Fsp3) is 0.176. The van der Waals surface area contributed by atoms with Crippen LogP contribution < -0.4 is 34.7 Å². The van der Waals surface area contributed by atoms with Crippen LogP contribution in [0.1, 0.15) is 24.0 Å². The number of carbonyl (C=O) groups is 1. The first-order valence-corrected chi connectivity index (χ1v) is 6.96. The zero-order valence-electron chi connectivity index (χ0n) is 13.1. The molecule has 0 aliphatic rings. The summed E-state index contributed by atoms with van der Waals surface area (Å²) in [6.07, 6.45) is 0.0479. The number of aliphatic carboxylic acids is 1. The van der Waals surface area contributed by atoms with Crippen molar-refractivity contribution in [3.8, 4) is 5.75 Å². The Balaban J connectivity index is 0.00000288. The monoisotopic (exact) mass is 341 g/mol. The van der Waals surface area contributed by atoms with Crippen molar-refractivity contribution in [1.82, 2.24) is 0 Å². The summed E-state index contributed by atoms with van der Waals surface area (Å²) in [7, 11) is 0. The van der Waals surface area contributed by atoms with Crippen molar-refractivity contribution in [3.05, 3.63) is 65.2 Å². The molecule has 0 amide bonds. The third kappa shape index (κ3) is 5.70. The quantitative estimate of drug-likeness (QED) is 0.418. The summed E-state index contributed by atoms with van der Waals surface area (Å²) < 4.78 is 26.9. The number of hydrogen-bond donors (Lipinski definition) is 1. The van der Waals surface area contributed by atoms with Gasteiger partial charge in [0.1, 0.15) is 17.4 Å². The van der Waals surface area contributed by atoms with Gasteiger partial charge in [0, 0.05) is 23.6 Å². The summed E-state index contributed by atoms with van der Waals surface area (Å²) in [4.78, 5) is 14.6. The van der Waals surface area contributed by atoms with Gasteiger partial charge < -0.3 is 15.0 Å². The smallest absolute Gasteiger partial charge is 0.550 e. The molecule has 1 N–H and O–H groups in total. The average molecular weight is 341 g/mol. The second-order valence-corrected chi connectivity index (χ2v) is 4.88. The Morgan fingerprint density at radius 2 is 1.83 bits per heavy atom. The summed E-state index contributed by atoms with van der Waals surface area (Å²) in [6.45, 7) is 0.121. The second kappa shape index (κ2) is 9.52. The van der Waals surface area contributed by atoms with Crippen molar-refractivity contribution < 1.29 is 53.3 Å². The third-order valence-corrected chi connectivity index (χ3v) is 3.12. The maximum absolute atomic E-state index is 13.5. The molecule has 0 fully saturated rings. The number of benzene rings is 2. The minimum atomic E-state index is -1.19. The largest absolute Gasteiger partial charge is 1.00 e. The fourth-order valence-electron chi connectivity index (χ4n) is 2.08. The summed E-state index contributed by atoms with van der Waals surface area (Å²) in [5.41, 5.74) is 0.670. The van der Waals surface area contributed by atoms with Crippen LogP contribution in [0.5, 0.6) is 5.75 Å². The molecule has 120 valence electrons. The van der Waals surface area contributed by atoms with Crippen LogP contribution in [-0.2, 0) is 4.79 Å². The van der Waals surface area contributed by atoms with Crippen LogP contribution in [0.3, 0.4) is 0 Å². The van der Waals surface area contributed by atoms with Crippen molar-refractivity contribution in [2.45, 2.75) is 12.8 Å². The summed E-state index contributed by atoms with van der Waals surface area (Å²) in [5, 5.41) is 20.4. The van der Waals surface area contributed by atoms with Gasteiger partial charge in [-0.2, -0.15) is 0 Å². The fourth-order valence-corrected chi connectivity index (χ4v) is 2.08. The summed E-state index contributed by atoms with van der Waals surface area (Å²) >= 11 is 0. The Hall–Kier alpha value is -1.76. The molecule has 0 aromatic heterocycles. The first kappa shape index (κ1) is 20.3. The Kier molecular flexibility index (Phi) is 8.04. The van der Waals surface area contributed by atoms with E-state index in [9.17, 15) is 23.8 Å². The van der Waals surface area contributed by atoms with Crippen molar-refractivity contribution in [2.75, 3.05) is 6.54 Å². The first-order valence-electron chi connectivity index (χ1n) is 6.96. The standard InChI is InChI=1S/C17H15F2NO3.Na/c18-12-4-1-3-11(9-12)17(20-8-2-5-16(22)23)14-10-13(19)6-7-15(14)21;/h1,3-4,6-7,9-10,21H,2,5,8H2,(H,22,23);/q;+1/p-1. The van der Waals surface area contributed by atoms with Crippen LogP contribution in [-0.4, -0.2) is 23.3 Å². The molecule has 7 heteroatoms. The number of carboxylic acids is 1. The Morgan fingerprint density at radius 1 is 1.12 bits per heavy atom. The molecule has 0 bridgehead atoms. The molecule has 0 atom stereocenters. The van der Waals surface area contributed by atoms with Gasteiger partial charge in [0.2, 0.25) is 0 Å². The number of nitrogens with zero attached hydrogens (tertiary/aromatic N) is 1. The molecular weight excluding hydrogens is 327 g/mol. The van der Waals surface area contributed by atoms with Crippen molar-refractivity contribution in [3.63, 3.8) is 0 Å². The number of carboxylic acid groups (broad SMARTS) is 1. The Bertz CT molecular complexity index is 750. The van der Waals surface area contributed by atoms with E-state index in [0.29, 0.717) is 5.56 Å². The minimum Gasteiger partial charge on any atom is -0.550 e. The molecule has 0 aliphatic carbocycles. The molecule has 2 rings (SSSR count). The maximum atomic E-state index is 13.5. The van der Waals surface area contributed by atoms with E-state index in [1.807, 2.05) is 0 Å². The molecule has 2 aromatic carbocycles. The topological polar surface area (TPSA) is 72.7 Å². The molecule has 0 spiro atoms. The van der Waals surface area contributed by atoms with Crippen LogP contribution in [0.4, 0.5) is 8.78 Å². The van der Waals surface area contributed by atoms with Crippen LogP contribution in [0.15, 0.2) is 47.5 Å². The molecule has 0 aliphatic heterocycles. The van der Waals surface area contributed by atoms with Crippen molar-refractivity contribution in [2.24, 2.45) is 4.99 Å². The molecule has 4 nitrogen and oxygen atoms in total. The van der Waals surface area contributed by atoms with E-state index in [2.05, 4.69) is 4.99 Å². The molecule has 0 saturated heterocycles. The SMILES string of the molecule is O=C([O-])CCCN=C(c1cccc(F)c1)c1cc(F)ccc1O.[Na+]. The first-order chi connectivity index (χ1) is 11.0. The second-order valence-electron chi connectivity index (χ2n) is 4.88. The zero-order valence-corrected chi connectivity index (χ0v) is 15.1. The molecule has 0 radical (unpaired) electrons. The van der Waals surface area contributed by atoms with Crippen LogP contribution in [0.25, 0.3) is 0 Å². The summed E-state index contributed by atoms with van der Waals surface area (Å²) in [5.74, 6) is -2.46. The molecular formula is C17H14F2NNaO3. The molecule has 2 aromatic rings. The van der Waals surface area contributed by atoms with Gasteiger partial charge in [-0.15, -0.1) is 0 Å². The number of rotatable bonds is 6. The van der Waals surface area contributed by atoms with Gasteiger partial charge in [-0.3, -0.25) is 4.99 Å². The van der Waals surface area contributed by atoms with Gasteiger partial charge in [0.15, 0.2) is 0 Å². The van der Waals surface area contributed by atoms with E-state index in [1.54, 1.807) is 6.07 Å². The van der Waals surface area contributed by atoms with Gasteiger partial charge in [-0.25, -0.2) is 8.78 Å². The third-order valence-electron chi connectivity index (χ3n) is 3.12. The molecule has 0 unspecified atom stereocenters. The van der Waals surface area contributed by atoms with E-state index < -0.39 is 17.6 Å². The number of phenolic OH excluding ortho intramolecular Hbond substituents is 1. The van der Waals surface area contributed by atoms with Gasteiger partial charge >= 0.3 is 29.6 Å². The molecule has 24 heavy (non-hydrogen) atoms. The predicted octanol–water partition coefficient (Wildman–Crippen LogP) is -0.958. The number of hydrogen-bond acceptors (Lipinski definition) is 4. The number of carbonyl (C=O) groups excluding carboxylic acids is 1. The van der Waals surface area contributed by atoms with Crippen molar-refractivity contribution >= 4 is 11.7 Å². The summed E-state index contributed by atoms with van der Waals surface area (Å²) in [6, 6.07) is 8.88. The maximum Gasteiger partial charge on any atom is 1.00 e. The number of phenols is 1. The van der Waals surface area contributed by atoms with Gasteiger partial charge in [0.25, 0.3) is 0 Å². The van der Waals surface area contributed by atoms with Gasteiger partial charge in [0.05, 0.1) is 5.71 Å². The normalized spacial score (nSPS) is 11.0. The zero-order chi connectivity index (χ0) is 16.8. The van der Waals surface area contributed by atoms with E-state index >= 15 is 0 Å². The van der Waals surface area contributed by atoms with Gasteiger partial charge in [-0.05, 0) is 43.2 Å². The predicted molar refractivity (Wildman–Crippen MR) is 79.2 cm³/mol.